The molecule has 0 N–H and O–H groups in total. The molecule has 2 heterocycles. The average Bonchev–Trinajstić information content (AvgIpc) is 3.02. The third-order valence-corrected chi connectivity index (χ3v) is 8.57. The molecule has 9 heteroatoms. The number of carbonyl (C=O) groups is 1. The number of carbonyl (C=O) groups excluding carboxylic acids is 1. The highest BCUT2D eigenvalue weighted by Crippen LogP contribution is 2.24. The molecular formula is C21H23N3O4S2. The molecule has 2 aromatic carbocycles. The Morgan fingerprint density at radius 2 is 1.67 bits per heavy atom. The van der Waals surface area contributed by atoms with E-state index >= 15 is 0 Å². The largest absolute Gasteiger partial charge is 0.336 e. The minimum absolute atomic E-state index is 0.0781. The van der Waals surface area contributed by atoms with Gasteiger partial charge in [0.25, 0.3) is 5.91 Å². The molecule has 0 atom stereocenters. The summed E-state index contributed by atoms with van der Waals surface area (Å²) in [5, 5.41) is 0. The molecule has 0 aliphatic carbocycles. The van der Waals surface area contributed by atoms with Gasteiger partial charge in [0.1, 0.15) is 0 Å². The van der Waals surface area contributed by atoms with Gasteiger partial charge in [-0.15, -0.1) is 0 Å². The first-order chi connectivity index (χ1) is 14.2. The van der Waals surface area contributed by atoms with Crippen molar-refractivity contribution in [2.45, 2.75) is 18.7 Å². The van der Waals surface area contributed by atoms with Gasteiger partial charge >= 0.3 is 4.87 Å². The molecule has 0 saturated carbocycles. The van der Waals surface area contributed by atoms with Gasteiger partial charge in [-0.1, -0.05) is 17.4 Å². The van der Waals surface area contributed by atoms with Gasteiger partial charge < -0.3 is 9.47 Å². The average molecular weight is 446 g/mol. The van der Waals surface area contributed by atoms with Gasteiger partial charge in [0.05, 0.1) is 15.1 Å². The van der Waals surface area contributed by atoms with Gasteiger partial charge in [-0.2, -0.15) is 4.31 Å². The molecule has 1 aliphatic heterocycles. The summed E-state index contributed by atoms with van der Waals surface area (Å²) in [5.41, 5.74) is 3.52. The van der Waals surface area contributed by atoms with Gasteiger partial charge in [-0.05, 0) is 55.3 Å². The number of amides is 1. The number of rotatable bonds is 3. The smallest absolute Gasteiger partial charge is 0.307 e. The van der Waals surface area contributed by atoms with Crippen LogP contribution in [0, 0.1) is 13.8 Å². The van der Waals surface area contributed by atoms with Crippen LogP contribution in [0.3, 0.4) is 0 Å². The number of thiazole rings is 1. The summed E-state index contributed by atoms with van der Waals surface area (Å²) in [6.45, 7) is 5.12. The summed E-state index contributed by atoms with van der Waals surface area (Å²) in [4.78, 5) is 26.4. The predicted molar refractivity (Wildman–Crippen MR) is 118 cm³/mol. The highest BCUT2D eigenvalue weighted by atomic mass is 32.2. The Hall–Kier alpha value is -2.49. The fraction of sp³-hybridized carbons (Fsp3) is 0.333. The Balaban J connectivity index is 1.51. The Bertz CT molecular complexity index is 1300. The third-order valence-electron chi connectivity index (χ3n) is 5.68. The summed E-state index contributed by atoms with van der Waals surface area (Å²) in [6.07, 6.45) is 0. The molecule has 1 aromatic heterocycles. The van der Waals surface area contributed by atoms with Crippen LogP contribution >= 0.6 is 11.3 Å². The minimum atomic E-state index is -3.69. The molecule has 1 aliphatic rings. The normalized spacial score (nSPS) is 15.6. The highest BCUT2D eigenvalue weighted by Gasteiger charge is 2.31. The number of fused-ring (bicyclic) bond motifs is 1. The van der Waals surface area contributed by atoms with Crippen molar-refractivity contribution in [1.82, 2.24) is 13.8 Å². The van der Waals surface area contributed by atoms with Crippen molar-refractivity contribution in [1.29, 1.82) is 0 Å². The van der Waals surface area contributed by atoms with Crippen LogP contribution in [0.4, 0.5) is 0 Å². The van der Waals surface area contributed by atoms with Crippen LogP contribution in [-0.2, 0) is 17.1 Å². The fourth-order valence-corrected chi connectivity index (χ4v) is 6.05. The molecule has 1 fully saturated rings. The standard InChI is InChI=1S/C21H23N3O4S2/c1-14-4-5-16(12-15(14)2)20(25)23-8-10-24(11-9-23)30(27,28)17-6-7-18-19(13-17)29-21(26)22(18)3/h4-7,12-13H,8-11H2,1-3H3. The third kappa shape index (κ3) is 3.57. The molecule has 4 rings (SSSR count). The lowest BCUT2D eigenvalue weighted by Crippen LogP contribution is -2.50. The number of nitrogens with zero attached hydrogens (tertiary/aromatic N) is 3. The number of aryl methyl sites for hydroxylation is 3. The van der Waals surface area contributed by atoms with Crippen molar-refractivity contribution < 1.29 is 13.2 Å². The van der Waals surface area contributed by atoms with Crippen molar-refractivity contribution in [3.05, 3.63) is 62.8 Å². The van der Waals surface area contributed by atoms with Crippen LogP contribution in [0.5, 0.6) is 0 Å². The first-order valence-electron chi connectivity index (χ1n) is 9.65. The Morgan fingerprint density at radius 3 is 2.33 bits per heavy atom. The minimum Gasteiger partial charge on any atom is -0.336 e. The summed E-state index contributed by atoms with van der Waals surface area (Å²) in [7, 11) is -2.02. The first-order valence-corrected chi connectivity index (χ1v) is 11.9. The second-order valence-electron chi connectivity index (χ2n) is 7.55. The van der Waals surface area contributed by atoms with Gasteiger partial charge in [0.15, 0.2) is 0 Å². The second kappa shape index (κ2) is 7.64. The predicted octanol–water partition coefficient (Wildman–Crippen LogP) is 2.36. The quantitative estimate of drug-likeness (QED) is 0.620. The van der Waals surface area contributed by atoms with Crippen LogP contribution in [0.15, 0.2) is 46.1 Å². The summed E-state index contributed by atoms with van der Waals surface area (Å²) in [5.74, 6) is -0.0781. The van der Waals surface area contributed by atoms with E-state index in [9.17, 15) is 18.0 Å². The molecule has 158 valence electrons. The Labute approximate surface area is 179 Å². The number of aromatic nitrogens is 1. The molecule has 0 bridgehead atoms. The van der Waals surface area contributed by atoms with Crippen LogP contribution in [0.1, 0.15) is 21.5 Å². The van der Waals surface area contributed by atoms with Gasteiger partial charge in [0, 0.05) is 38.8 Å². The molecule has 0 radical (unpaired) electrons. The van der Waals surface area contributed by atoms with Gasteiger partial charge in [-0.25, -0.2) is 8.42 Å². The van der Waals surface area contributed by atoms with Crippen LogP contribution in [-0.4, -0.2) is 54.3 Å². The van der Waals surface area contributed by atoms with E-state index in [1.807, 2.05) is 32.0 Å². The van der Waals surface area contributed by atoms with Crippen LogP contribution in [0.25, 0.3) is 10.2 Å². The molecule has 0 spiro atoms. The summed E-state index contributed by atoms with van der Waals surface area (Å²) < 4.78 is 29.7. The van der Waals surface area contributed by atoms with Crippen molar-refractivity contribution in [3.63, 3.8) is 0 Å². The Kier molecular flexibility index (Phi) is 5.29. The van der Waals surface area contributed by atoms with Gasteiger partial charge in [0.2, 0.25) is 10.0 Å². The highest BCUT2D eigenvalue weighted by molar-refractivity contribution is 7.89. The molecule has 7 nitrogen and oxygen atoms in total. The maximum atomic E-state index is 13.1. The Morgan fingerprint density at radius 1 is 0.967 bits per heavy atom. The zero-order valence-electron chi connectivity index (χ0n) is 17.1. The van der Waals surface area contributed by atoms with Crippen LogP contribution < -0.4 is 4.87 Å². The van der Waals surface area contributed by atoms with E-state index in [-0.39, 0.29) is 28.8 Å². The maximum Gasteiger partial charge on any atom is 0.307 e. The SMILES string of the molecule is Cc1ccc(C(=O)N2CCN(S(=O)(=O)c3ccc4c(c3)sc(=O)n4C)CC2)cc1C. The lowest BCUT2D eigenvalue weighted by atomic mass is 10.1. The molecule has 1 amide bonds. The monoisotopic (exact) mass is 445 g/mol. The zero-order valence-corrected chi connectivity index (χ0v) is 18.7. The summed E-state index contributed by atoms with van der Waals surface area (Å²) >= 11 is 1.03. The van der Waals surface area contributed by atoms with Crippen molar-refractivity contribution in [2.24, 2.45) is 7.05 Å². The van der Waals surface area contributed by atoms with E-state index in [0.29, 0.717) is 28.9 Å². The maximum absolute atomic E-state index is 13.1. The first kappa shape index (κ1) is 20.8. The van der Waals surface area contributed by atoms with E-state index in [1.165, 1.54) is 14.9 Å². The lowest BCUT2D eigenvalue weighted by molar-refractivity contribution is 0.0698. The lowest BCUT2D eigenvalue weighted by Gasteiger charge is -2.34. The fourth-order valence-electron chi connectivity index (χ4n) is 3.61. The number of benzene rings is 2. The van der Waals surface area contributed by atoms with E-state index in [0.717, 1.165) is 22.5 Å². The molecule has 3 aromatic rings. The van der Waals surface area contributed by atoms with E-state index in [4.69, 9.17) is 0 Å². The second-order valence-corrected chi connectivity index (χ2v) is 10.5. The molecule has 0 unspecified atom stereocenters. The van der Waals surface area contributed by atoms with Gasteiger partial charge in [-0.3, -0.25) is 9.59 Å². The molecule has 30 heavy (non-hydrogen) atoms. The van der Waals surface area contributed by atoms with Crippen LogP contribution in [0.2, 0.25) is 0 Å². The number of hydrogen-bond donors (Lipinski definition) is 0. The van der Waals surface area contributed by atoms with Crippen molar-refractivity contribution >= 4 is 37.5 Å². The number of sulfonamides is 1. The number of piperazine rings is 1. The summed E-state index contributed by atoms with van der Waals surface area (Å²) in [6, 6.07) is 10.4. The van der Waals surface area contributed by atoms with E-state index < -0.39 is 10.0 Å². The molecular weight excluding hydrogens is 422 g/mol. The topological polar surface area (TPSA) is 79.7 Å². The number of hydrogen-bond acceptors (Lipinski definition) is 5. The van der Waals surface area contributed by atoms with E-state index in [2.05, 4.69) is 0 Å². The van der Waals surface area contributed by atoms with E-state index in [1.54, 1.807) is 24.1 Å². The van der Waals surface area contributed by atoms with Crippen molar-refractivity contribution in [3.8, 4) is 0 Å². The zero-order chi connectivity index (χ0) is 21.6. The molecule has 1 saturated heterocycles. The van der Waals surface area contributed by atoms with Crippen molar-refractivity contribution in [2.75, 3.05) is 26.2 Å².